The second-order valence-corrected chi connectivity index (χ2v) is 6.50. The number of nitrogens with zero attached hydrogens (tertiary/aromatic N) is 2. The fourth-order valence-electron chi connectivity index (χ4n) is 3.64. The largest absolute Gasteiger partial charge is 0.376 e. The van der Waals surface area contributed by atoms with Crippen LogP contribution < -0.4 is 0 Å². The van der Waals surface area contributed by atoms with E-state index < -0.39 is 0 Å². The minimum absolute atomic E-state index is 0.0580. The van der Waals surface area contributed by atoms with Gasteiger partial charge in [0.2, 0.25) is 0 Å². The summed E-state index contributed by atoms with van der Waals surface area (Å²) in [6, 6.07) is 3.82. The van der Waals surface area contributed by atoms with E-state index in [1.54, 1.807) is 6.20 Å². The summed E-state index contributed by atoms with van der Waals surface area (Å²) in [5.74, 6) is 0.0580. The molecule has 0 radical (unpaired) electrons. The zero-order chi connectivity index (χ0) is 16.3. The summed E-state index contributed by atoms with van der Waals surface area (Å²) in [7, 11) is 0. The summed E-state index contributed by atoms with van der Waals surface area (Å²) in [5, 5.41) is 0. The molecule has 1 aromatic heterocycles. The number of ether oxygens (including phenoxy) is 2. The Kier molecular flexibility index (Phi) is 4.97. The van der Waals surface area contributed by atoms with Crippen molar-refractivity contribution in [3.05, 3.63) is 29.6 Å². The van der Waals surface area contributed by atoms with Gasteiger partial charge in [0, 0.05) is 31.5 Å². The normalized spacial score (nSPS) is 27.6. The first-order valence-corrected chi connectivity index (χ1v) is 8.65. The third-order valence-corrected chi connectivity index (χ3v) is 4.84. The van der Waals surface area contributed by atoms with Gasteiger partial charge in [-0.1, -0.05) is 6.92 Å². The lowest BCUT2D eigenvalue weighted by molar-refractivity contribution is -0.0462. The number of piperidine rings is 1. The molecule has 0 saturated carbocycles. The number of hydrogen-bond acceptors (Lipinski definition) is 4. The van der Waals surface area contributed by atoms with Crippen LogP contribution in [-0.2, 0) is 15.9 Å². The molecule has 2 aliphatic heterocycles. The van der Waals surface area contributed by atoms with Crippen LogP contribution in [0, 0.1) is 0 Å². The summed E-state index contributed by atoms with van der Waals surface area (Å²) in [4.78, 5) is 19.0. The lowest BCUT2D eigenvalue weighted by Crippen LogP contribution is -2.50. The average Bonchev–Trinajstić information content (AvgIpc) is 2.96. The van der Waals surface area contributed by atoms with E-state index >= 15 is 0 Å². The Morgan fingerprint density at radius 2 is 2.35 bits per heavy atom. The molecule has 2 saturated heterocycles. The van der Waals surface area contributed by atoms with Crippen molar-refractivity contribution in [3.8, 4) is 0 Å². The van der Waals surface area contributed by atoms with Gasteiger partial charge in [-0.3, -0.25) is 9.78 Å². The second kappa shape index (κ2) is 6.97. The van der Waals surface area contributed by atoms with Gasteiger partial charge in [-0.25, -0.2) is 0 Å². The number of carbonyl (C=O) groups excluding carboxylic acids is 1. The zero-order valence-electron chi connectivity index (χ0n) is 14.1. The van der Waals surface area contributed by atoms with Crippen LogP contribution in [0.3, 0.4) is 0 Å². The molecule has 3 rings (SSSR count). The van der Waals surface area contributed by atoms with Gasteiger partial charge in [0.05, 0.1) is 30.4 Å². The molecule has 3 heterocycles. The van der Waals surface area contributed by atoms with E-state index in [4.69, 9.17) is 9.47 Å². The van der Waals surface area contributed by atoms with E-state index in [0.29, 0.717) is 25.3 Å². The van der Waals surface area contributed by atoms with Gasteiger partial charge in [-0.05, 0) is 38.3 Å². The Bertz CT molecular complexity index is 546. The van der Waals surface area contributed by atoms with Crippen molar-refractivity contribution < 1.29 is 14.3 Å². The number of rotatable bonds is 4. The molecule has 1 spiro atoms. The second-order valence-electron chi connectivity index (χ2n) is 6.50. The number of amides is 1. The number of aryl methyl sites for hydroxylation is 1. The van der Waals surface area contributed by atoms with Crippen molar-refractivity contribution in [2.45, 2.75) is 51.2 Å². The highest BCUT2D eigenvalue weighted by Gasteiger charge is 2.44. The van der Waals surface area contributed by atoms with Gasteiger partial charge >= 0.3 is 0 Å². The average molecular weight is 318 g/mol. The van der Waals surface area contributed by atoms with Gasteiger partial charge in [-0.2, -0.15) is 0 Å². The van der Waals surface area contributed by atoms with Crippen LogP contribution >= 0.6 is 0 Å². The summed E-state index contributed by atoms with van der Waals surface area (Å²) in [6.07, 6.45) is 5.62. The monoisotopic (exact) mass is 318 g/mol. The summed E-state index contributed by atoms with van der Waals surface area (Å²) < 4.78 is 11.8. The molecule has 1 aromatic rings. The van der Waals surface area contributed by atoms with Gasteiger partial charge in [-0.15, -0.1) is 0 Å². The molecule has 2 atom stereocenters. The van der Waals surface area contributed by atoms with E-state index in [2.05, 4.69) is 11.9 Å². The van der Waals surface area contributed by atoms with Crippen LogP contribution in [0.25, 0.3) is 0 Å². The highest BCUT2D eigenvalue weighted by atomic mass is 16.6. The zero-order valence-corrected chi connectivity index (χ0v) is 14.1. The topological polar surface area (TPSA) is 51.7 Å². The van der Waals surface area contributed by atoms with Crippen molar-refractivity contribution in [1.82, 2.24) is 9.88 Å². The summed E-state index contributed by atoms with van der Waals surface area (Å²) in [6.45, 7) is 6.87. The quantitative estimate of drug-likeness (QED) is 0.855. The Morgan fingerprint density at radius 1 is 1.48 bits per heavy atom. The first-order chi connectivity index (χ1) is 11.2. The summed E-state index contributed by atoms with van der Waals surface area (Å²) in [5.41, 5.74) is 1.46. The minimum atomic E-state index is -0.218. The molecule has 1 amide bonds. The molecule has 2 unspecified atom stereocenters. The standard InChI is InChI=1S/C18H26N2O3/c1-3-15-7-6-14(11-19-15)17(21)20-9-5-8-18(13-20)10-16(12-23-18)22-4-2/h6-7,11,16H,3-5,8-10,12-13H2,1-2H3. The lowest BCUT2D eigenvalue weighted by Gasteiger charge is -2.39. The van der Waals surface area contributed by atoms with Crippen molar-refractivity contribution in [2.75, 3.05) is 26.3 Å². The lowest BCUT2D eigenvalue weighted by atomic mass is 9.89. The molecule has 0 aliphatic carbocycles. The van der Waals surface area contributed by atoms with Crippen molar-refractivity contribution in [1.29, 1.82) is 0 Å². The number of pyridine rings is 1. The Hall–Kier alpha value is -1.46. The summed E-state index contributed by atoms with van der Waals surface area (Å²) >= 11 is 0. The molecule has 2 fully saturated rings. The van der Waals surface area contributed by atoms with Gasteiger partial charge < -0.3 is 14.4 Å². The van der Waals surface area contributed by atoms with Crippen LogP contribution in [0.2, 0.25) is 0 Å². The van der Waals surface area contributed by atoms with E-state index in [0.717, 1.165) is 37.9 Å². The fraction of sp³-hybridized carbons (Fsp3) is 0.667. The van der Waals surface area contributed by atoms with Crippen LogP contribution in [0.4, 0.5) is 0 Å². The predicted molar refractivity (Wildman–Crippen MR) is 87.5 cm³/mol. The van der Waals surface area contributed by atoms with Crippen LogP contribution in [0.1, 0.15) is 49.2 Å². The van der Waals surface area contributed by atoms with Crippen LogP contribution in [-0.4, -0.2) is 53.8 Å². The maximum Gasteiger partial charge on any atom is 0.255 e. The highest BCUT2D eigenvalue weighted by molar-refractivity contribution is 5.94. The molecular formula is C18H26N2O3. The molecular weight excluding hydrogens is 292 g/mol. The SMILES string of the molecule is CCOC1COC2(CCCN(C(=O)c3ccc(CC)nc3)C2)C1. The molecule has 0 aromatic carbocycles. The maximum atomic E-state index is 12.7. The Morgan fingerprint density at radius 3 is 3.04 bits per heavy atom. The number of hydrogen-bond donors (Lipinski definition) is 0. The van der Waals surface area contributed by atoms with Gasteiger partial charge in [0.15, 0.2) is 0 Å². The molecule has 5 heteroatoms. The highest BCUT2D eigenvalue weighted by Crippen LogP contribution is 2.36. The van der Waals surface area contributed by atoms with Crippen LogP contribution in [0.5, 0.6) is 0 Å². The maximum absolute atomic E-state index is 12.7. The van der Waals surface area contributed by atoms with E-state index in [-0.39, 0.29) is 17.6 Å². The number of likely N-dealkylation sites (tertiary alicyclic amines) is 1. The van der Waals surface area contributed by atoms with Gasteiger partial charge in [0.1, 0.15) is 0 Å². The van der Waals surface area contributed by atoms with E-state index in [9.17, 15) is 4.79 Å². The van der Waals surface area contributed by atoms with Crippen molar-refractivity contribution in [3.63, 3.8) is 0 Å². The third kappa shape index (κ3) is 3.56. The first kappa shape index (κ1) is 16.4. The molecule has 126 valence electrons. The smallest absolute Gasteiger partial charge is 0.255 e. The molecule has 0 bridgehead atoms. The van der Waals surface area contributed by atoms with Crippen molar-refractivity contribution >= 4 is 5.91 Å². The van der Waals surface area contributed by atoms with E-state index in [1.165, 1.54) is 0 Å². The Balaban J connectivity index is 1.67. The first-order valence-electron chi connectivity index (χ1n) is 8.65. The molecule has 2 aliphatic rings. The fourth-order valence-corrected chi connectivity index (χ4v) is 3.64. The van der Waals surface area contributed by atoms with E-state index in [1.807, 2.05) is 24.0 Å². The Labute approximate surface area is 138 Å². The molecule has 5 nitrogen and oxygen atoms in total. The van der Waals surface area contributed by atoms with Crippen LogP contribution in [0.15, 0.2) is 18.3 Å². The minimum Gasteiger partial charge on any atom is -0.376 e. The number of carbonyl (C=O) groups is 1. The molecule has 23 heavy (non-hydrogen) atoms. The van der Waals surface area contributed by atoms with Gasteiger partial charge in [0.25, 0.3) is 5.91 Å². The number of aromatic nitrogens is 1. The molecule has 0 N–H and O–H groups in total. The van der Waals surface area contributed by atoms with Crippen molar-refractivity contribution in [2.24, 2.45) is 0 Å². The third-order valence-electron chi connectivity index (χ3n) is 4.84. The predicted octanol–water partition coefficient (Wildman–Crippen LogP) is 2.44.